The Morgan fingerprint density at radius 1 is 1.26 bits per heavy atom. The van der Waals surface area contributed by atoms with E-state index in [4.69, 9.17) is 11.6 Å². The third-order valence-corrected chi connectivity index (χ3v) is 3.78. The molecule has 1 N–H and O–H groups in total. The van der Waals surface area contributed by atoms with Crippen LogP contribution in [0.4, 0.5) is 5.82 Å². The SMILES string of the molecule is Cc1nc(NC(=O)c2ccc(CCl)cc2)ccc1Br. The summed E-state index contributed by atoms with van der Waals surface area (Å²) in [6, 6.07) is 10.8. The van der Waals surface area contributed by atoms with E-state index in [2.05, 4.69) is 26.2 Å². The molecule has 0 fully saturated rings. The number of halogens is 2. The van der Waals surface area contributed by atoms with Crippen LogP contribution in [0.5, 0.6) is 0 Å². The molecule has 0 saturated heterocycles. The smallest absolute Gasteiger partial charge is 0.256 e. The zero-order valence-electron chi connectivity index (χ0n) is 10.3. The second kappa shape index (κ2) is 6.17. The average molecular weight is 340 g/mol. The molecule has 1 heterocycles. The number of rotatable bonds is 3. The van der Waals surface area contributed by atoms with Gasteiger partial charge in [0.05, 0.1) is 5.69 Å². The van der Waals surface area contributed by atoms with Crippen LogP contribution in [0, 0.1) is 6.92 Å². The number of pyridine rings is 1. The Bertz CT molecular complexity index is 599. The van der Waals surface area contributed by atoms with Gasteiger partial charge in [-0.3, -0.25) is 4.79 Å². The van der Waals surface area contributed by atoms with Gasteiger partial charge in [-0.15, -0.1) is 11.6 Å². The quantitative estimate of drug-likeness (QED) is 0.854. The van der Waals surface area contributed by atoms with Gasteiger partial charge in [-0.1, -0.05) is 12.1 Å². The fraction of sp³-hybridized carbons (Fsp3) is 0.143. The van der Waals surface area contributed by atoms with E-state index < -0.39 is 0 Å². The van der Waals surface area contributed by atoms with Crippen molar-refractivity contribution in [2.45, 2.75) is 12.8 Å². The molecule has 0 atom stereocenters. The largest absolute Gasteiger partial charge is 0.307 e. The van der Waals surface area contributed by atoms with E-state index >= 15 is 0 Å². The van der Waals surface area contributed by atoms with Gasteiger partial charge in [0.2, 0.25) is 0 Å². The van der Waals surface area contributed by atoms with Crippen LogP contribution < -0.4 is 5.32 Å². The number of alkyl halides is 1. The number of carbonyl (C=O) groups excluding carboxylic acids is 1. The third kappa shape index (κ3) is 3.55. The molecule has 0 aliphatic carbocycles. The van der Waals surface area contributed by atoms with Crippen molar-refractivity contribution in [2.24, 2.45) is 0 Å². The second-order valence-corrected chi connectivity index (χ2v) is 5.17. The molecule has 3 nitrogen and oxygen atoms in total. The van der Waals surface area contributed by atoms with Crippen LogP contribution in [-0.2, 0) is 5.88 Å². The van der Waals surface area contributed by atoms with Crippen molar-refractivity contribution in [1.82, 2.24) is 4.98 Å². The highest BCUT2D eigenvalue weighted by atomic mass is 79.9. The predicted molar refractivity (Wildman–Crippen MR) is 80.6 cm³/mol. The lowest BCUT2D eigenvalue weighted by Crippen LogP contribution is -2.13. The molecule has 1 aromatic carbocycles. The van der Waals surface area contributed by atoms with Gasteiger partial charge in [-0.2, -0.15) is 0 Å². The number of hydrogen-bond donors (Lipinski definition) is 1. The molecule has 5 heteroatoms. The molecule has 0 radical (unpaired) electrons. The van der Waals surface area contributed by atoms with Crippen molar-refractivity contribution in [2.75, 3.05) is 5.32 Å². The molecule has 0 bridgehead atoms. The van der Waals surface area contributed by atoms with E-state index in [1.807, 2.05) is 25.1 Å². The molecule has 0 aliphatic rings. The molecule has 1 amide bonds. The summed E-state index contributed by atoms with van der Waals surface area (Å²) in [5, 5.41) is 2.76. The minimum absolute atomic E-state index is 0.185. The van der Waals surface area contributed by atoms with Crippen molar-refractivity contribution < 1.29 is 4.79 Å². The first-order valence-corrected chi connectivity index (χ1v) is 7.02. The van der Waals surface area contributed by atoms with Crippen molar-refractivity contribution >= 4 is 39.3 Å². The highest BCUT2D eigenvalue weighted by Gasteiger charge is 2.07. The number of nitrogens with one attached hydrogen (secondary N) is 1. The first kappa shape index (κ1) is 14.0. The van der Waals surface area contributed by atoms with Gasteiger partial charge in [0.15, 0.2) is 0 Å². The van der Waals surface area contributed by atoms with E-state index in [1.54, 1.807) is 18.2 Å². The first-order valence-electron chi connectivity index (χ1n) is 5.69. The van der Waals surface area contributed by atoms with E-state index in [-0.39, 0.29) is 5.91 Å². The van der Waals surface area contributed by atoms with Crippen molar-refractivity contribution in [3.63, 3.8) is 0 Å². The highest BCUT2D eigenvalue weighted by Crippen LogP contribution is 2.17. The van der Waals surface area contributed by atoms with Gasteiger partial charge in [-0.05, 0) is 52.7 Å². The molecule has 0 saturated carbocycles. The molecule has 98 valence electrons. The number of benzene rings is 1. The highest BCUT2D eigenvalue weighted by molar-refractivity contribution is 9.10. The van der Waals surface area contributed by atoms with Crippen molar-refractivity contribution in [3.8, 4) is 0 Å². The predicted octanol–water partition coefficient (Wildman–Crippen LogP) is 4.14. The molecular weight excluding hydrogens is 328 g/mol. The zero-order valence-corrected chi connectivity index (χ0v) is 12.6. The maximum absolute atomic E-state index is 12.0. The summed E-state index contributed by atoms with van der Waals surface area (Å²) in [5.74, 6) is 0.789. The zero-order chi connectivity index (χ0) is 13.8. The molecule has 19 heavy (non-hydrogen) atoms. The van der Waals surface area contributed by atoms with Crippen LogP contribution in [0.1, 0.15) is 21.6 Å². The van der Waals surface area contributed by atoms with Crippen molar-refractivity contribution in [3.05, 3.63) is 57.7 Å². The van der Waals surface area contributed by atoms with Crippen LogP contribution >= 0.6 is 27.5 Å². The lowest BCUT2D eigenvalue weighted by atomic mass is 10.1. The van der Waals surface area contributed by atoms with Crippen LogP contribution in [0.3, 0.4) is 0 Å². The van der Waals surface area contributed by atoms with E-state index in [9.17, 15) is 4.79 Å². The van der Waals surface area contributed by atoms with Gasteiger partial charge >= 0.3 is 0 Å². The topological polar surface area (TPSA) is 42.0 Å². The number of anilines is 1. The molecule has 1 aromatic heterocycles. The fourth-order valence-electron chi connectivity index (χ4n) is 1.55. The summed E-state index contributed by atoms with van der Waals surface area (Å²) in [4.78, 5) is 16.3. The lowest BCUT2D eigenvalue weighted by Gasteiger charge is -2.06. The van der Waals surface area contributed by atoms with Crippen LogP contribution in [0.25, 0.3) is 0 Å². The number of aromatic nitrogens is 1. The normalized spacial score (nSPS) is 10.3. The number of nitrogens with zero attached hydrogens (tertiary/aromatic N) is 1. The number of aryl methyl sites for hydroxylation is 1. The van der Waals surface area contributed by atoms with Crippen LogP contribution in [0.15, 0.2) is 40.9 Å². The van der Waals surface area contributed by atoms with Crippen molar-refractivity contribution in [1.29, 1.82) is 0 Å². The monoisotopic (exact) mass is 338 g/mol. The minimum Gasteiger partial charge on any atom is -0.307 e. The molecule has 0 spiro atoms. The summed E-state index contributed by atoms with van der Waals surface area (Å²) in [6.45, 7) is 1.87. The lowest BCUT2D eigenvalue weighted by molar-refractivity contribution is 0.102. The number of amides is 1. The first-order chi connectivity index (χ1) is 9.10. The number of hydrogen-bond acceptors (Lipinski definition) is 2. The van der Waals surface area contributed by atoms with Gasteiger partial charge in [0.25, 0.3) is 5.91 Å². The van der Waals surface area contributed by atoms with Crippen LogP contribution in [-0.4, -0.2) is 10.9 Å². The Hall–Kier alpha value is -1.39. The second-order valence-electron chi connectivity index (χ2n) is 4.05. The Balaban J connectivity index is 2.13. The maximum Gasteiger partial charge on any atom is 0.256 e. The molecule has 0 aliphatic heterocycles. The molecule has 2 aromatic rings. The Morgan fingerprint density at radius 2 is 1.95 bits per heavy atom. The van der Waals surface area contributed by atoms with Gasteiger partial charge in [0.1, 0.15) is 5.82 Å². The molecule has 2 rings (SSSR count). The van der Waals surface area contributed by atoms with Gasteiger partial charge in [0, 0.05) is 15.9 Å². The summed E-state index contributed by atoms with van der Waals surface area (Å²) in [7, 11) is 0. The Kier molecular flexibility index (Phi) is 4.56. The number of carbonyl (C=O) groups is 1. The summed E-state index contributed by atoms with van der Waals surface area (Å²) in [5.41, 5.74) is 2.39. The maximum atomic E-state index is 12.0. The van der Waals surface area contributed by atoms with E-state index in [0.717, 1.165) is 15.7 Å². The Morgan fingerprint density at radius 3 is 2.53 bits per heavy atom. The molecular formula is C14H12BrClN2O. The Labute approximate surface area is 125 Å². The average Bonchev–Trinajstić information content (AvgIpc) is 2.43. The summed E-state index contributed by atoms with van der Waals surface area (Å²) >= 11 is 9.07. The van der Waals surface area contributed by atoms with E-state index in [1.165, 1.54) is 0 Å². The summed E-state index contributed by atoms with van der Waals surface area (Å²) < 4.78 is 0.914. The third-order valence-electron chi connectivity index (χ3n) is 2.63. The minimum atomic E-state index is -0.185. The summed E-state index contributed by atoms with van der Waals surface area (Å²) in [6.07, 6.45) is 0. The molecule has 0 unspecified atom stereocenters. The van der Waals surface area contributed by atoms with Gasteiger partial charge in [-0.25, -0.2) is 4.98 Å². The van der Waals surface area contributed by atoms with E-state index in [0.29, 0.717) is 17.3 Å². The van der Waals surface area contributed by atoms with Gasteiger partial charge < -0.3 is 5.32 Å². The standard InChI is InChI=1S/C14H12BrClN2O/c1-9-12(15)6-7-13(17-9)18-14(19)11-4-2-10(8-16)3-5-11/h2-7H,8H2,1H3,(H,17,18,19). The van der Waals surface area contributed by atoms with Crippen LogP contribution in [0.2, 0.25) is 0 Å². The fourth-order valence-corrected chi connectivity index (χ4v) is 1.95.